The molecule has 0 saturated heterocycles. The molecule has 1 aromatic rings. The molecule has 20 heavy (non-hydrogen) atoms. The summed E-state index contributed by atoms with van der Waals surface area (Å²) in [7, 11) is 0. The number of nitrogen functional groups attached to an aromatic ring is 1. The second-order valence-electron chi connectivity index (χ2n) is 3.94. The van der Waals surface area contributed by atoms with E-state index in [0.717, 1.165) is 0 Å². The van der Waals surface area contributed by atoms with Gasteiger partial charge in [-0.25, -0.2) is 4.79 Å². The van der Waals surface area contributed by atoms with E-state index in [1.54, 1.807) is 6.92 Å². The first-order valence-electron chi connectivity index (χ1n) is 5.98. The summed E-state index contributed by atoms with van der Waals surface area (Å²) in [5.74, 6) is -0.628. The SMILES string of the molecule is CCOC(=O)c1nn(CCCOCC(F)(F)F)cc1N. The maximum atomic E-state index is 11.8. The lowest BCUT2D eigenvalue weighted by Gasteiger charge is -2.07. The Morgan fingerprint density at radius 3 is 2.80 bits per heavy atom. The number of alkyl halides is 3. The standard InChI is InChI=1S/C11H16F3N3O3/c1-2-20-10(18)9-8(15)6-17(16-9)4-3-5-19-7-11(12,13)14/h6H,2-5,7,15H2,1H3. The smallest absolute Gasteiger partial charge is 0.411 e. The van der Waals surface area contributed by atoms with Crippen LogP contribution >= 0.6 is 0 Å². The van der Waals surface area contributed by atoms with Crippen LogP contribution in [-0.4, -0.2) is 41.7 Å². The largest absolute Gasteiger partial charge is 0.461 e. The van der Waals surface area contributed by atoms with Crippen LogP contribution in [0.2, 0.25) is 0 Å². The van der Waals surface area contributed by atoms with Crippen LogP contribution in [0.15, 0.2) is 6.20 Å². The number of carbonyl (C=O) groups is 1. The first-order valence-corrected chi connectivity index (χ1v) is 5.98. The van der Waals surface area contributed by atoms with Gasteiger partial charge in [0.05, 0.1) is 12.3 Å². The summed E-state index contributed by atoms with van der Waals surface area (Å²) < 4.78 is 46.0. The van der Waals surface area contributed by atoms with E-state index >= 15 is 0 Å². The number of anilines is 1. The minimum Gasteiger partial charge on any atom is -0.461 e. The van der Waals surface area contributed by atoms with Crippen molar-refractivity contribution in [3.8, 4) is 0 Å². The number of esters is 1. The molecule has 2 N–H and O–H groups in total. The molecule has 6 nitrogen and oxygen atoms in total. The zero-order chi connectivity index (χ0) is 15.2. The number of halogens is 3. The lowest BCUT2D eigenvalue weighted by molar-refractivity contribution is -0.174. The second-order valence-corrected chi connectivity index (χ2v) is 3.94. The fraction of sp³-hybridized carbons (Fsp3) is 0.636. The fourth-order valence-electron chi connectivity index (χ4n) is 1.43. The van der Waals surface area contributed by atoms with Gasteiger partial charge in [-0.15, -0.1) is 0 Å². The monoisotopic (exact) mass is 295 g/mol. The maximum absolute atomic E-state index is 11.8. The summed E-state index contributed by atoms with van der Waals surface area (Å²) in [5, 5.41) is 3.91. The van der Waals surface area contributed by atoms with Crippen molar-refractivity contribution < 1.29 is 27.4 Å². The van der Waals surface area contributed by atoms with Gasteiger partial charge >= 0.3 is 12.1 Å². The number of rotatable bonds is 7. The van der Waals surface area contributed by atoms with Crippen molar-refractivity contribution in [3.63, 3.8) is 0 Å². The molecule has 0 aliphatic rings. The molecule has 0 bridgehead atoms. The van der Waals surface area contributed by atoms with E-state index in [1.807, 2.05) is 0 Å². The zero-order valence-corrected chi connectivity index (χ0v) is 10.9. The molecule has 0 unspecified atom stereocenters. The number of nitrogens with zero attached hydrogens (tertiary/aromatic N) is 2. The molecular weight excluding hydrogens is 279 g/mol. The second kappa shape index (κ2) is 7.13. The van der Waals surface area contributed by atoms with Gasteiger partial charge in [0, 0.05) is 19.3 Å². The van der Waals surface area contributed by atoms with Crippen LogP contribution in [0.5, 0.6) is 0 Å². The van der Waals surface area contributed by atoms with Gasteiger partial charge in [0.1, 0.15) is 6.61 Å². The molecule has 0 aliphatic carbocycles. The summed E-state index contributed by atoms with van der Waals surface area (Å²) in [6.45, 7) is 0.817. The van der Waals surface area contributed by atoms with Crippen molar-refractivity contribution in [1.82, 2.24) is 9.78 Å². The van der Waals surface area contributed by atoms with Crippen molar-refractivity contribution in [3.05, 3.63) is 11.9 Å². The van der Waals surface area contributed by atoms with E-state index in [-0.39, 0.29) is 24.6 Å². The Bertz CT molecular complexity index is 446. The summed E-state index contributed by atoms with van der Waals surface area (Å²) in [5.41, 5.74) is 5.77. The average Bonchev–Trinajstić information content (AvgIpc) is 2.69. The van der Waals surface area contributed by atoms with Gasteiger partial charge in [-0.1, -0.05) is 0 Å². The van der Waals surface area contributed by atoms with Crippen molar-refractivity contribution in [2.75, 3.05) is 25.6 Å². The van der Waals surface area contributed by atoms with E-state index in [0.29, 0.717) is 13.0 Å². The van der Waals surface area contributed by atoms with Gasteiger partial charge in [0.15, 0.2) is 5.69 Å². The Labute approximate surface area is 113 Å². The van der Waals surface area contributed by atoms with Crippen molar-refractivity contribution >= 4 is 11.7 Å². The Hall–Kier alpha value is -1.77. The molecule has 0 fully saturated rings. The van der Waals surface area contributed by atoms with Gasteiger partial charge in [-0.05, 0) is 13.3 Å². The summed E-state index contributed by atoms with van der Waals surface area (Å²) in [6, 6.07) is 0. The third-order valence-corrected chi connectivity index (χ3v) is 2.20. The number of aryl methyl sites for hydroxylation is 1. The lowest BCUT2D eigenvalue weighted by Crippen LogP contribution is -2.18. The highest BCUT2D eigenvalue weighted by atomic mass is 19.4. The van der Waals surface area contributed by atoms with Crippen LogP contribution in [0, 0.1) is 0 Å². The number of carbonyl (C=O) groups excluding carboxylic acids is 1. The van der Waals surface area contributed by atoms with Crippen molar-refractivity contribution in [2.24, 2.45) is 0 Å². The molecule has 1 heterocycles. The molecule has 0 amide bonds. The third-order valence-electron chi connectivity index (χ3n) is 2.20. The van der Waals surface area contributed by atoms with E-state index in [9.17, 15) is 18.0 Å². The quantitative estimate of drug-likeness (QED) is 0.610. The average molecular weight is 295 g/mol. The van der Waals surface area contributed by atoms with Crippen molar-refractivity contribution in [2.45, 2.75) is 26.1 Å². The minimum atomic E-state index is -4.33. The third kappa shape index (κ3) is 5.47. The van der Waals surface area contributed by atoms with Crippen molar-refractivity contribution in [1.29, 1.82) is 0 Å². The van der Waals surface area contributed by atoms with Crippen LogP contribution in [0.1, 0.15) is 23.8 Å². The zero-order valence-electron chi connectivity index (χ0n) is 10.9. The topological polar surface area (TPSA) is 79.4 Å². The summed E-state index contributed by atoms with van der Waals surface area (Å²) in [4.78, 5) is 11.4. The van der Waals surface area contributed by atoms with E-state index in [1.165, 1.54) is 10.9 Å². The van der Waals surface area contributed by atoms with Crippen LogP contribution in [-0.2, 0) is 16.0 Å². The van der Waals surface area contributed by atoms with Gasteiger partial charge in [-0.3, -0.25) is 4.68 Å². The van der Waals surface area contributed by atoms with Gasteiger partial charge in [0.2, 0.25) is 0 Å². The highest BCUT2D eigenvalue weighted by Crippen LogP contribution is 2.14. The molecule has 0 saturated carbocycles. The molecule has 0 aliphatic heterocycles. The fourth-order valence-corrected chi connectivity index (χ4v) is 1.43. The number of ether oxygens (including phenoxy) is 2. The molecule has 0 aromatic carbocycles. The maximum Gasteiger partial charge on any atom is 0.411 e. The Morgan fingerprint density at radius 2 is 2.20 bits per heavy atom. The summed E-state index contributed by atoms with van der Waals surface area (Å²) >= 11 is 0. The normalized spacial score (nSPS) is 11.6. The van der Waals surface area contributed by atoms with Crippen LogP contribution in [0.25, 0.3) is 0 Å². The van der Waals surface area contributed by atoms with Gasteiger partial charge < -0.3 is 15.2 Å². The van der Waals surface area contributed by atoms with E-state index < -0.39 is 18.8 Å². The first-order chi connectivity index (χ1) is 9.33. The molecule has 0 atom stereocenters. The summed E-state index contributed by atoms with van der Waals surface area (Å²) in [6.07, 6.45) is -2.58. The first kappa shape index (κ1) is 16.3. The molecule has 0 spiro atoms. The molecule has 0 radical (unpaired) electrons. The number of nitrogens with two attached hydrogens (primary N) is 1. The molecule has 1 rings (SSSR count). The van der Waals surface area contributed by atoms with E-state index in [4.69, 9.17) is 10.5 Å². The lowest BCUT2D eigenvalue weighted by atomic mass is 10.4. The highest BCUT2D eigenvalue weighted by molar-refractivity contribution is 5.92. The Balaban J connectivity index is 2.38. The highest BCUT2D eigenvalue weighted by Gasteiger charge is 2.27. The number of hydrogen-bond acceptors (Lipinski definition) is 5. The Morgan fingerprint density at radius 1 is 1.50 bits per heavy atom. The van der Waals surface area contributed by atoms with Crippen LogP contribution in [0.3, 0.4) is 0 Å². The van der Waals surface area contributed by atoms with Crippen LogP contribution < -0.4 is 5.73 Å². The van der Waals surface area contributed by atoms with Crippen LogP contribution in [0.4, 0.5) is 18.9 Å². The molecule has 9 heteroatoms. The predicted octanol–water partition coefficient (Wildman–Crippen LogP) is 1.61. The molecule has 1 aromatic heterocycles. The van der Waals surface area contributed by atoms with Gasteiger partial charge in [0.25, 0.3) is 0 Å². The number of hydrogen-bond donors (Lipinski definition) is 1. The predicted molar refractivity (Wildman–Crippen MR) is 64.1 cm³/mol. The van der Waals surface area contributed by atoms with E-state index in [2.05, 4.69) is 9.84 Å². The van der Waals surface area contributed by atoms with Gasteiger partial charge in [-0.2, -0.15) is 18.3 Å². The number of aromatic nitrogens is 2. The molecule has 114 valence electrons. The minimum absolute atomic E-state index is 0.00283. The molecular formula is C11H16F3N3O3. The Kier molecular flexibility index (Phi) is 5.81.